The fourth-order valence-electron chi connectivity index (χ4n) is 2.47. The van der Waals surface area contributed by atoms with Crippen molar-refractivity contribution in [1.82, 2.24) is 0 Å². The van der Waals surface area contributed by atoms with Crippen LogP contribution in [0.3, 0.4) is 0 Å². The minimum Gasteiger partial charge on any atom is -0.456 e. The molecule has 1 nitrogen and oxygen atoms in total. The van der Waals surface area contributed by atoms with Gasteiger partial charge in [0.1, 0.15) is 11.3 Å². The highest BCUT2D eigenvalue weighted by atomic mass is 35.5. The average Bonchev–Trinajstić information content (AvgIpc) is 2.78. The smallest absolute Gasteiger partial charge is 0.138 e. The number of hydrogen-bond donors (Lipinski definition) is 0. The molecular weight excluding hydrogens is 256 g/mol. The highest BCUT2D eigenvalue weighted by Gasteiger charge is 2.18. The lowest BCUT2D eigenvalue weighted by Crippen LogP contribution is -1.88. The first-order chi connectivity index (χ1) is 9.16. The Hall–Kier alpha value is -1.73. The van der Waals surface area contributed by atoms with Crippen LogP contribution in [0, 0.1) is 0 Å². The zero-order valence-corrected chi connectivity index (χ0v) is 11.7. The molecule has 2 heteroatoms. The quantitative estimate of drug-likeness (QED) is 0.567. The van der Waals surface area contributed by atoms with Gasteiger partial charge in [0.15, 0.2) is 0 Å². The summed E-state index contributed by atoms with van der Waals surface area (Å²) in [5.74, 6) is 1.34. The number of furan rings is 1. The van der Waals surface area contributed by atoms with Gasteiger partial charge < -0.3 is 4.42 Å². The Morgan fingerprint density at radius 2 is 1.74 bits per heavy atom. The Morgan fingerprint density at radius 1 is 1.00 bits per heavy atom. The lowest BCUT2D eigenvalue weighted by Gasteiger charge is -2.06. The minimum absolute atomic E-state index is 0.384. The second-order valence-electron chi connectivity index (χ2n) is 5.01. The SMILES string of the molecule is CC(C)c1c(-c2ccccc2)oc2ccc(Cl)cc12. The molecule has 0 bridgehead atoms. The van der Waals surface area contributed by atoms with Crippen molar-refractivity contribution in [3.63, 3.8) is 0 Å². The normalized spacial score (nSPS) is 11.4. The van der Waals surface area contributed by atoms with Gasteiger partial charge in [-0.25, -0.2) is 0 Å². The van der Waals surface area contributed by atoms with Crippen LogP contribution in [0.1, 0.15) is 25.3 Å². The van der Waals surface area contributed by atoms with Crippen LogP contribution in [0.4, 0.5) is 0 Å². The van der Waals surface area contributed by atoms with E-state index in [0.717, 1.165) is 27.3 Å². The summed E-state index contributed by atoms with van der Waals surface area (Å²) in [7, 11) is 0. The highest BCUT2D eigenvalue weighted by molar-refractivity contribution is 6.31. The van der Waals surface area contributed by atoms with E-state index >= 15 is 0 Å². The summed E-state index contributed by atoms with van der Waals surface area (Å²) in [6.07, 6.45) is 0. The zero-order chi connectivity index (χ0) is 13.4. The molecule has 96 valence electrons. The molecule has 0 N–H and O–H groups in total. The molecule has 0 saturated heterocycles. The lowest BCUT2D eigenvalue weighted by atomic mass is 9.96. The summed E-state index contributed by atoms with van der Waals surface area (Å²) in [5, 5.41) is 1.86. The Labute approximate surface area is 117 Å². The van der Waals surface area contributed by atoms with Gasteiger partial charge in [-0.2, -0.15) is 0 Å². The molecule has 0 aliphatic heterocycles. The van der Waals surface area contributed by atoms with Crippen molar-refractivity contribution in [2.24, 2.45) is 0 Å². The molecule has 3 rings (SSSR count). The largest absolute Gasteiger partial charge is 0.456 e. The van der Waals surface area contributed by atoms with Crippen molar-refractivity contribution in [2.75, 3.05) is 0 Å². The fraction of sp³-hybridized carbons (Fsp3) is 0.176. The van der Waals surface area contributed by atoms with Gasteiger partial charge in [0.25, 0.3) is 0 Å². The predicted molar refractivity (Wildman–Crippen MR) is 80.7 cm³/mol. The number of fused-ring (bicyclic) bond motifs is 1. The topological polar surface area (TPSA) is 13.1 Å². The maximum absolute atomic E-state index is 6.11. The zero-order valence-electron chi connectivity index (χ0n) is 11.0. The summed E-state index contributed by atoms with van der Waals surface area (Å²) >= 11 is 6.11. The maximum Gasteiger partial charge on any atom is 0.138 e. The first-order valence-corrected chi connectivity index (χ1v) is 6.82. The van der Waals surface area contributed by atoms with Gasteiger partial charge in [0.05, 0.1) is 0 Å². The van der Waals surface area contributed by atoms with Gasteiger partial charge in [0.2, 0.25) is 0 Å². The fourth-order valence-corrected chi connectivity index (χ4v) is 2.64. The van der Waals surface area contributed by atoms with Crippen LogP contribution in [0.5, 0.6) is 0 Å². The third-order valence-electron chi connectivity index (χ3n) is 3.30. The number of benzene rings is 2. The summed E-state index contributed by atoms with van der Waals surface area (Å²) in [5.41, 5.74) is 3.23. The third-order valence-corrected chi connectivity index (χ3v) is 3.54. The van der Waals surface area contributed by atoms with E-state index in [2.05, 4.69) is 26.0 Å². The van der Waals surface area contributed by atoms with E-state index in [9.17, 15) is 0 Å². The molecule has 0 aliphatic carbocycles. The number of rotatable bonds is 2. The van der Waals surface area contributed by atoms with Gasteiger partial charge in [-0.1, -0.05) is 55.8 Å². The number of hydrogen-bond acceptors (Lipinski definition) is 1. The monoisotopic (exact) mass is 270 g/mol. The van der Waals surface area contributed by atoms with Crippen LogP contribution >= 0.6 is 11.6 Å². The molecule has 19 heavy (non-hydrogen) atoms. The minimum atomic E-state index is 0.384. The first-order valence-electron chi connectivity index (χ1n) is 6.44. The molecular formula is C17H15ClO. The molecule has 0 unspecified atom stereocenters. The van der Waals surface area contributed by atoms with Crippen LogP contribution in [-0.4, -0.2) is 0 Å². The Kier molecular flexibility index (Phi) is 3.08. The van der Waals surface area contributed by atoms with Crippen LogP contribution < -0.4 is 0 Å². The lowest BCUT2D eigenvalue weighted by molar-refractivity contribution is 0.623. The third kappa shape index (κ3) is 2.15. The Bertz CT molecular complexity index is 711. The highest BCUT2D eigenvalue weighted by Crippen LogP contribution is 2.38. The van der Waals surface area contributed by atoms with Crippen LogP contribution in [0.25, 0.3) is 22.3 Å². The molecule has 0 radical (unpaired) electrons. The molecule has 0 saturated carbocycles. The molecule has 0 amide bonds. The maximum atomic E-state index is 6.11. The average molecular weight is 271 g/mol. The van der Waals surface area contributed by atoms with E-state index in [4.69, 9.17) is 16.0 Å². The summed E-state index contributed by atoms with van der Waals surface area (Å²) in [6, 6.07) is 16.0. The van der Waals surface area contributed by atoms with E-state index in [1.54, 1.807) is 0 Å². The molecule has 3 aromatic rings. The molecule has 0 fully saturated rings. The Morgan fingerprint density at radius 3 is 2.42 bits per heavy atom. The van der Waals surface area contributed by atoms with Gasteiger partial charge in [-0.15, -0.1) is 0 Å². The second kappa shape index (κ2) is 4.75. The Balaban J connectivity index is 2.33. The van der Waals surface area contributed by atoms with Crippen LogP contribution in [0.15, 0.2) is 52.9 Å². The molecule has 1 heterocycles. The van der Waals surface area contributed by atoms with E-state index < -0.39 is 0 Å². The first kappa shape index (κ1) is 12.3. The predicted octanol–water partition coefficient (Wildman–Crippen LogP) is 5.88. The van der Waals surface area contributed by atoms with Gasteiger partial charge in [0, 0.05) is 21.5 Å². The van der Waals surface area contributed by atoms with E-state index in [1.807, 2.05) is 36.4 Å². The summed E-state index contributed by atoms with van der Waals surface area (Å²) in [4.78, 5) is 0. The van der Waals surface area contributed by atoms with Gasteiger partial charge in [-0.3, -0.25) is 0 Å². The van der Waals surface area contributed by atoms with E-state index in [-0.39, 0.29) is 0 Å². The molecule has 0 atom stereocenters. The molecule has 2 aromatic carbocycles. The molecule has 0 spiro atoms. The van der Waals surface area contributed by atoms with Crippen molar-refractivity contribution in [2.45, 2.75) is 19.8 Å². The van der Waals surface area contributed by atoms with Crippen molar-refractivity contribution >= 4 is 22.6 Å². The van der Waals surface area contributed by atoms with Gasteiger partial charge in [-0.05, 0) is 24.1 Å². The molecule has 0 aliphatic rings. The summed E-state index contributed by atoms with van der Waals surface area (Å²) < 4.78 is 6.04. The van der Waals surface area contributed by atoms with Crippen LogP contribution in [0.2, 0.25) is 5.02 Å². The summed E-state index contributed by atoms with van der Waals surface area (Å²) in [6.45, 7) is 4.36. The van der Waals surface area contributed by atoms with Crippen molar-refractivity contribution in [1.29, 1.82) is 0 Å². The van der Waals surface area contributed by atoms with Crippen LogP contribution in [-0.2, 0) is 0 Å². The second-order valence-corrected chi connectivity index (χ2v) is 5.44. The standard InChI is InChI=1S/C17H15ClO/c1-11(2)16-14-10-13(18)8-9-15(14)19-17(16)12-6-4-3-5-7-12/h3-11H,1-2H3. The number of halogens is 1. The van der Waals surface area contributed by atoms with E-state index in [0.29, 0.717) is 5.92 Å². The van der Waals surface area contributed by atoms with Crippen molar-refractivity contribution in [3.8, 4) is 11.3 Å². The van der Waals surface area contributed by atoms with Crippen molar-refractivity contribution < 1.29 is 4.42 Å². The van der Waals surface area contributed by atoms with Crippen molar-refractivity contribution in [3.05, 3.63) is 59.1 Å². The molecule has 1 aromatic heterocycles. The van der Waals surface area contributed by atoms with Gasteiger partial charge >= 0.3 is 0 Å². The van der Waals surface area contributed by atoms with E-state index in [1.165, 1.54) is 5.56 Å².